The Labute approximate surface area is 132 Å². The molecule has 0 fully saturated rings. The number of hydrogen-bond donors (Lipinski definition) is 1. The van der Waals surface area contributed by atoms with Crippen LogP contribution in [0.5, 0.6) is 0 Å². The molecule has 1 aromatic carbocycles. The topological polar surface area (TPSA) is 46.2 Å². The van der Waals surface area contributed by atoms with Crippen molar-refractivity contribution >= 4 is 49.2 Å². The number of halogens is 3. The van der Waals surface area contributed by atoms with Crippen molar-refractivity contribution in [2.24, 2.45) is 0 Å². The van der Waals surface area contributed by atoms with E-state index in [-0.39, 0.29) is 4.90 Å². The summed E-state index contributed by atoms with van der Waals surface area (Å²) in [5.74, 6) is 0.400. The number of benzene rings is 1. The Kier molecular flexibility index (Phi) is 6.14. The summed E-state index contributed by atoms with van der Waals surface area (Å²) < 4.78 is 27.9. The molecule has 1 unspecified atom stereocenters. The molecule has 0 bridgehead atoms. The SMILES string of the molecule is CCC(C)(CCCl)NS(=O)(=O)c1ccc(Cl)c(Br)c1. The Bertz CT molecular complexity index is 551. The lowest BCUT2D eigenvalue weighted by Gasteiger charge is -2.28. The molecule has 0 amide bonds. The number of rotatable bonds is 6. The van der Waals surface area contributed by atoms with Gasteiger partial charge in [-0.15, -0.1) is 11.6 Å². The smallest absolute Gasteiger partial charge is 0.207 e. The summed E-state index contributed by atoms with van der Waals surface area (Å²) in [5.41, 5.74) is -0.549. The van der Waals surface area contributed by atoms with E-state index in [4.69, 9.17) is 23.2 Å². The maximum atomic E-state index is 12.3. The van der Waals surface area contributed by atoms with E-state index in [1.54, 1.807) is 6.07 Å². The van der Waals surface area contributed by atoms with E-state index in [1.165, 1.54) is 12.1 Å². The molecule has 0 saturated carbocycles. The standard InChI is InChI=1S/C12H16BrCl2NO2S/c1-3-12(2,6-7-14)16-19(17,18)9-4-5-11(15)10(13)8-9/h4-5,8,16H,3,6-7H2,1-2H3. The number of hydrogen-bond acceptors (Lipinski definition) is 2. The van der Waals surface area contributed by atoms with Crippen LogP contribution in [0.4, 0.5) is 0 Å². The third kappa shape index (κ3) is 4.60. The second kappa shape index (κ2) is 6.76. The second-order valence-corrected chi connectivity index (χ2v) is 7.86. The van der Waals surface area contributed by atoms with Gasteiger partial charge in [0.2, 0.25) is 10.0 Å². The first-order chi connectivity index (χ1) is 8.74. The predicted molar refractivity (Wildman–Crippen MR) is 83.5 cm³/mol. The van der Waals surface area contributed by atoms with Gasteiger partial charge in [-0.1, -0.05) is 18.5 Å². The average Bonchev–Trinajstić information content (AvgIpc) is 2.32. The number of sulfonamides is 1. The highest BCUT2D eigenvalue weighted by Gasteiger charge is 2.28. The van der Waals surface area contributed by atoms with Gasteiger partial charge in [0.25, 0.3) is 0 Å². The molecule has 3 nitrogen and oxygen atoms in total. The lowest BCUT2D eigenvalue weighted by Crippen LogP contribution is -2.45. The van der Waals surface area contributed by atoms with Crippen molar-refractivity contribution < 1.29 is 8.42 Å². The van der Waals surface area contributed by atoms with E-state index in [1.807, 2.05) is 13.8 Å². The Morgan fingerprint density at radius 2 is 2.05 bits per heavy atom. The molecule has 0 aliphatic carbocycles. The molecule has 0 aliphatic rings. The zero-order chi connectivity index (χ0) is 14.7. The van der Waals surface area contributed by atoms with Crippen molar-refractivity contribution in [1.29, 1.82) is 0 Å². The van der Waals surface area contributed by atoms with Crippen molar-refractivity contribution in [3.8, 4) is 0 Å². The first kappa shape index (κ1) is 17.2. The van der Waals surface area contributed by atoms with Crippen molar-refractivity contribution in [2.75, 3.05) is 5.88 Å². The molecule has 0 aliphatic heterocycles. The molecule has 108 valence electrons. The van der Waals surface area contributed by atoms with Crippen molar-refractivity contribution in [1.82, 2.24) is 4.72 Å². The van der Waals surface area contributed by atoms with Crippen LogP contribution < -0.4 is 4.72 Å². The Balaban J connectivity index is 3.07. The van der Waals surface area contributed by atoms with E-state index >= 15 is 0 Å². The van der Waals surface area contributed by atoms with E-state index in [2.05, 4.69) is 20.7 Å². The molecule has 1 N–H and O–H groups in total. The molecule has 1 atom stereocenters. The highest BCUT2D eigenvalue weighted by atomic mass is 79.9. The van der Waals surface area contributed by atoms with Gasteiger partial charge >= 0.3 is 0 Å². The fraction of sp³-hybridized carbons (Fsp3) is 0.500. The molecule has 0 spiro atoms. The summed E-state index contributed by atoms with van der Waals surface area (Å²) in [4.78, 5) is 0.179. The summed E-state index contributed by atoms with van der Waals surface area (Å²) >= 11 is 14.8. The first-order valence-electron chi connectivity index (χ1n) is 5.79. The minimum absolute atomic E-state index is 0.179. The van der Waals surface area contributed by atoms with Crippen LogP contribution in [0.25, 0.3) is 0 Å². The third-order valence-electron chi connectivity index (χ3n) is 3.01. The minimum atomic E-state index is -3.59. The summed E-state index contributed by atoms with van der Waals surface area (Å²) in [7, 11) is -3.59. The van der Waals surface area contributed by atoms with Gasteiger partial charge in [0.05, 0.1) is 9.92 Å². The van der Waals surface area contributed by atoms with Crippen LogP contribution >= 0.6 is 39.1 Å². The Hall–Kier alpha value is 0.190. The first-order valence-corrected chi connectivity index (χ1v) is 8.98. The molecule has 0 aromatic heterocycles. The normalized spacial score (nSPS) is 15.2. The van der Waals surface area contributed by atoms with Gasteiger partial charge in [0.1, 0.15) is 0 Å². The highest BCUT2D eigenvalue weighted by molar-refractivity contribution is 9.10. The van der Waals surface area contributed by atoms with Crippen LogP contribution in [0, 0.1) is 0 Å². The van der Waals surface area contributed by atoms with Crippen molar-refractivity contribution in [3.63, 3.8) is 0 Å². The largest absolute Gasteiger partial charge is 0.241 e. The van der Waals surface area contributed by atoms with Gasteiger partial charge in [-0.2, -0.15) is 0 Å². The van der Waals surface area contributed by atoms with Crippen LogP contribution in [-0.2, 0) is 10.0 Å². The van der Waals surface area contributed by atoms with Gasteiger partial charge in [-0.05, 0) is 53.9 Å². The number of alkyl halides is 1. The number of nitrogens with one attached hydrogen (secondary N) is 1. The van der Waals surface area contributed by atoms with Gasteiger partial charge in [0.15, 0.2) is 0 Å². The quantitative estimate of drug-likeness (QED) is 0.743. The molecule has 0 heterocycles. The molecule has 0 radical (unpaired) electrons. The molecular formula is C12H16BrCl2NO2S. The molecule has 0 saturated heterocycles. The Morgan fingerprint density at radius 3 is 2.53 bits per heavy atom. The maximum Gasteiger partial charge on any atom is 0.241 e. The zero-order valence-electron chi connectivity index (χ0n) is 10.7. The highest BCUT2D eigenvalue weighted by Crippen LogP contribution is 2.26. The summed E-state index contributed by atoms with van der Waals surface area (Å²) in [6.45, 7) is 3.77. The molecule has 19 heavy (non-hydrogen) atoms. The summed E-state index contributed by atoms with van der Waals surface area (Å²) in [5, 5.41) is 0.470. The van der Waals surface area contributed by atoms with Crippen molar-refractivity contribution in [3.05, 3.63) is 27.7 Å². The van der Waals surface area contributed by atoms with Gasteiger partial charge in [0, 0.05) is 15.9 Å². The molecule has 1 aromatic rings. The van der Waals surface area contributed by atoms with Gasteiger partial charge in [-0.3, -0.25) is 0 Å². The average molecular weight is 389 g/mol. The fourth-order valence-corrected chi connectivity index (χ4v) is 4.13. The second-order valence-electron chi connectivity index (χ2n) is 4.53. The Morgan fingerprint density at radius 1 is 1.42 bits per heavy atom. The van der Waals surface area contributed by atoms with E-state index in [0.29, 0.717) is 28.2 Å². The monoisotopic (exact) mass is 387 g/mol. The van der Waals surface area contributed by atoms with E-state index in [0.717, 1.165) is 0 Å². The van der Waals surface area contributed by atoms with Crippen LogP contribution in [0.3, 0.4) is 0 Å². The predicted octanol–water partition coefficient (Wildman–Crippen LogP) is 4.18. The van der Waals surface area contributed by atoms with Crippen LogP contribution in [0.1, 0.15) is 26.7 Å². The van der Waals surface area contributed by atoms with Gasteiger partial charge in [-0.25, -0.2) is 13.1 Å². The van der Waals surface area contributed by atoms with E-state index in [9.17, 15) is 8.42 Å². The zero-order valence-corrected chi connectivity index (χ0v) is 14.6. The third-order valence-corrected chi connectivity index (χ3v) is 6.05. The summed E-state index contributed by atoms with van der Waals surface area (Å²) in [6.07, 6.45) is 1.23. The van der Waals surface area contributed by atoms with E-state index < -0.39 is 15.6 Å². The van der Waals surface area contributed by atoms with Crippen molar-refractivity contribution in [2.45, 2.75) is 37.1 Å². The van der Waals surface area contributed by atoms with Crippen LogP contribution in [-0.4, -0.2) is 19.8 Å². The lowest BCUT2D eigenvalue weighted by molar-refractivity contribution is 0.390. The fourth-order valence-electron chi connectivity index (χ4n) is 1.54. The summed E-state index contributed by atoms with van der Waals surface area (Å²) in [6, 6.07) is 4.51. The van der Waals surface area contributed by atoms with Crippen LogP contribution in [0.15, 0.2) is 27.6 Å². The molecular weight excluding hydrogens is 373 g/mol. The minimum Gasteiger partial charge on any atom is -0.207 e. The molecule has 7 heteroatoms. The lowest BCUT2D eigenvalue weighted by atomic mass is 9.97. The van der Waals surface area contributed by atoms with Crippen LogP contribution in [0.2, 0.25) is 5.02 Å². The van der Waals surface area contributed by atoms with Gasteiger partial charge < -0.3 is 0 Å². The maximum absolute atomic E-state index is 12.3. The molecule has 1 rings (SSSR count).